The fourth-order valence-corrected chi connectivity index (χ4v) is 4.94. The summed E-state index contributed by atoms with van der Waals surface area (Å²) in [6.07, 6.45) is 5.32. The second-order valence-electron chi connectivity index (χ2n) is 6.54. The van der Waals surface area contributed by atoms with E-state index in [1.807, 2.05) is 4.90 Å². The Morgan fingerprint density at radius 3 is 2.76 bits per heavy atom. The lowest BCUT2D eigenvalue weighted by molar-refractivity contribution is -0.0906. The van der Waals surface area contributed by atoms with Crippen molar-refractivity contribution in [3.8, 4) is 0 Å². The molecule has 1 spiro atoms. The number of carboxylic acid groups (broad SMARTS) is 1. The number of hydrogen-bond acceptors (Lipinski definition) is 5. The molecule has 0 radical (unpaired) electrons. The predicted octanol–water partition coefficient (Wildman–Crippen LogP) is 1.88. The van der Waals surface area contributed by atoms with E-state index >= 15 is 0 Å². The molecule has 7 nitrogen and oxygen atoms in total. The van der Waals surface area contributed by atoms with Crippen LogP contribution in [0.15, 0.2) is 18.6 Å². The van der Waals surface area contributed by atoms with Gasteiger partial charge in [0.2, 0.25) is 0 Å². The van der Waals surface area contributed by atoms with Gasteiger partial charge >= 0.3 is 5.97 Å². The summed E-state index contributed by atoms with van der Waals surface area (Å²) in [6.45, 7) is 1.77. The fourth-order valence-electron chi connectivity index (χ4n) is 3.70. The predicted molar refractivity (Wildman–Crippen MR) is 91.0 cm³/mol. The van der Waals surface area contributed by atoms with Crippen molar-refractivity contribution in [2.45, 2.75) is 24.9 Å². The molecule has 0 unspecified atom stereocenters. The summed E-state index contributed by atoms with van der Waals surface area (Å²) in [5.74, 6) is -0.915. The SMILES string of the molecule is Cn1cncc1C(=O)N1CCC2(CC1)OCCc1cc(C(=O)O)sc12. The number of carbonyl (C=O) groups excluding carboxylic acids is 1. The molecule has 0 aromatic carbocycles. The van der Waals surface area contributed by atoms with Gasteiger partial charge in [0, 0.05) is 25.0 Å². The molecule has 0 saturated carbocycles. The van der Waals surface area contributed by atoms with Crippen molar-refractivity contribution in [1.82, 2.24) is 14.5 Å². The van der Waals surface area contributed by atoms with E-state index < -0.39 is 11.6 Å². The molecule has 1 saturated heterocycles. The molecule has 2 aliphatic rings. The minimum atomic E-state index is -0.890. The zero-order chi connectivity index (χ0) is 17.6. The number of nitrogens with zero attached hydrogens (tertiary/aromatic N) is 3. The first kappa shape index (κ1) is 16.3. The minimum Gasteiger partial charge on any atom is -0.477 e. The Hall–Kier alpha value is -2.19. The molecule has 0 aliphatic carbocycles. The van der Waals surface area contributed by atoms with Crippen LogP contribution in [0.25, 0.3) is 0 Å². The number of piperidine rings is 1. The number of likely N-dealkylation sites (tertiary alicyclic amines) is 1. The van der Waals surface area contributed by atoms with Gasteiger partial charge in [-0.05, 0) is 30.9 Å². The summed E-state index contributed by atoms with van der Waals surface area (Å²) in [6, 6.07) is 1.78. The van der Waals surface area contributed by atoms with Gasteiger partial charge in [-0.2, -0.15) is 0 Å². The lowest BCUT2D eigenvalue weighted by atomic mass is 9.85. The number of aromatic nitrogens is 2. The molecule has 4 heterocycles. The standard InChI is InChI=1S/C17H19N3O4S/c1-19-10-18-9-12(19)15(21)20-5-3-17(4-6-20)14-11(2-7-24-17)8-13(25-14)16(22)23/h8-10H,2-7H2,1H3,(H,22,23). The van der Waals surface area contributed by atoms with Gasteiger partial charge in [0.15, 0.2) is 0 Å². The molecule has 2 aliphatic heterocycles. The van der Waals surface area contributed by atoms with Crippen LogP contribution in [-0.2, 0) is 23.8 Å². The number of carbonyl (C=O) groups is 2. The summed E-state index contributed by atoms with van der Waals surface area (Å²) in [5, 5.41) is 9.28. The van der Waals surface area contributed by atoms with E-state index in [-0.39, 0.29) is 5.91 Å². The van der Waals surface area contributed by atoms with Crippen LogP contribution >= 0.6 is 11.3 Å². The first-order valence-electron chi connectivity index (χ1n) is 8.26. The molecule has 1 N–H and O–H groups in total. The third kappa shape index (κ3) is 2.65. The number of ether oxygens (including phenoxy) is 1. The van der Waals surface area contributed by atoms with Crippen molar-refractivity contribution < 1.29 is 19.4 Å². The van der Waals surface area contributed by atoms with E-state index in [0.29, 0.717) is 43.1 Å². The molecule has 0 atom stereocenters. The zero-order valence-corrected chi connectivity index (χ0v) is 14.7. The van der Waals surface area contributed by atoms with E-state index in [1.54, 1.807) is 30.2 Å². The van der Waals surface area contributed by atoms with Crippen LogP contribution < -0.4 is 0 Å². The van der Waals surface area contributed by atoms with E-state index in [2.05, 4.69) is 4.98 Å². The highest BCUT2D eigenvalue weighted by molar-refractivity contribution is 7.14. The molecule has 132 valence electrons. The maximum Gasteiger partial charge on any atom is 0.345 e. The van der Waals surface area contributed by atoms with Crippen LogP contribution in [0, 0.1) is 0 Å². The van der Waals surface area contributed by atoms with Gasteiger partial charge in [0.05, 0.1) is 19.1 Å². The summed E-state index contributed by atoms with van der Waals surface area (Å²) in [4.78, 5) is 31.2. The van der Waals surface area contributed by atoms with Gasteiger partial charge < -0.3 is 19.3 Å². The average Bonchev–Trinajstić information content (AvgIpc) is 3.22. The van der Waals surface area contributed by atoms with Crippen molar-refractivity contribution in [2.24, 2.45) is 7.05 Å². The Morgan fingerprint density at radius 1 is 1.36 bits per heavy atom. The Labute approximate surface area is 148 Å². The van der Waals surface area contributed by atoms with Crippen LogP contribution in [0.1, 0.15) is 43.4 Å². The van der Waals surface area contributed by atoms with Gasteiger partial charge in [0.1, 0.15) is 16.2 Å². The third-order valence-corrected chi connectivity index (χ3v) is 6.43. The summed E-state index contributed by atoms with van der Waals surface area (Å²) < 4.78 is 7.85. The van der Waals surface area contributed by atoms with Gasteiger partial charge in [-0.3, -0.25) is 4.79 Å². The molecule has 4 rings (SSSR count). The maximum atomic E-state index is 12.6. The van der Waals surface area contributed by atoms with Crippen LogP contribution in [0.3, 0.4) is 0 Å². The molecular formula is C17H19N3O4S. The van der Waals surface area contributed by atoms with Crippen molar-refractivity contribution in [3.63, 3.8) is 0 Å². The summed E-state index contributed by atoms with van der Waals surface area (Å²) in [5.41, 5.74) is 1.21. The minimum absolute atomic E-state index is 0.0247. The van der Waals surface area contributed by atoms with Crippen LogP contribution in [0.5, 0.6) is 0 Å². The zero-order valence-electron chi connectivity index (χ0n) is 13.9. The van der Waals surface area contributed by atoms with E-state index in [9.17, 15) is 14.7 Å². The number of imidazole rings is 1. The monoisotopic (exact) mass is 361 g/mol. The van der Waals surface area contributed by atoms with Crippen molar-refractivity contribution in [1.29, 1.82) is 0 Å². The van der Waals surface area contributed by atoms with Crippen molar-refractivity contribution in [3.05, 3.63) is 39.6 Å². The van der Waals surface area contributed by atoms with E-state index in [4.69, 9.17) is 4.74 Å². The van der Waals surface area contributed by atoms with Crippen LogP contribution in [-0.4, -0.2) is 51.1 Å². The summed E-state index contributed by atoms with van der Waals surface area (Å²) >= 11 is 1.32. The number of aryl methyl sites for hydroxylation is 1. The molecule has 0 bridgehead atoms. The number of fused-ring (bicyclic) bond motifs is 2. The topological polar surface area (TPSA) is 84.7 Å². The highest BCUT2D eigenvalue weighted by Gasteiger charge is 2.43. The number of thiophene rings is 1. The van der Waals surface area contributed by atoms with Crippen molar-refractivity contribution in [2.75, 3.05) is 19.7 Å². The molecule has 25 heavy (non-hydrogen) atoms. The lowest BCUT2D eigenvalue weighted by Crippen LogP contribution is -2.48. The molecule has 1 amide bonds. The average molecular weight is 361 g/mol. The third-order valence-electron chi connectivity index (χ3n) is 5.08. The molecule has 8 heteroatoms. The fraction of sp³-hybridized carbons (Fsp3) is 0.471. The van der Waals surface area contributed by atoms with Crippen LogP contribution in [0.4, 0.5) is 0 Å². The Bertz CT molecular complexity index is 833. The van der Waals surface area contributed by atoms with E-state index in [0.717, 1.165) is 16.9 Å². The maximum absolute atomic E-state index is 12.6. The van der Waals surface area contributed by atoms with Gasteiger partial charge in [0.25, 0.3) is 5.91 Å². The summed E-state index contributed by atoms with van der Waals surface area (Å²) in [7, 11) is 1.81. The number of carboxylic acids is 1. The number of amides is 1. The first-order chi connectivity index (χ1) is 12.0. The second kappa shape index (κ2) is 5.96. The van der Waals surface area contributed by atoms with Gasteiger partial charge in [-0.1, -0.05) is 0 Å². The van der Waals surface area contributed by atoms with Crippen LogP contribution in [0.2, 0.25) is 0 Å². The Kier molecular flexibility index (Phi) is 3.88. The quantitative estimate of drug-likeness (QED) is 0.883. The molecular weight excluding hydrogens is 342 g/mol. The number of hydrogen-bond donors (Lipinski definition) is 1. The highest BCUT2D eigenvalue weighted by Crippen LogP contribution is 2.45. The van der Waals surface area contributed by atoms with E-state index in [1.165, 1.54) is 11.3 Å². The highest BCUT2D eigenvalue weighted by atomic mass is 32.1. The van der Waals surface area contributed by atoms with Crippen molar-refractivity contribution >= 4 is 23.2 Å². The normalized spacial score (nSPS) is 19.0. The Balaban J connectivity index is 1.55. The number of rotatable bonds is 2. The van der Waals surface area contributed by atoms with Gasteiger partial charge in [-0.25, -0.2) is 9.78 Å². The largest absolute Gasteiger partial charge is 0.477 e. The molecule has 2 aromatic heterocycles. The second-order valence-corrected chi connectivity index (χ2v) is 7.60. The number of aromatic carboxylic acids is 1. The first-order valence-corrected chi connectivity index (χ1v) is 9.08. The smallest absolute Gasteiger partial charge is 0.345 e. The van der Waals surface area contributed by atoms with Gasteiger partial charge in [-0.15, -0.1) is 11.3 Å². The molecule has 2 aromatic rings. The molecule has 1 fully saturated rings. The lowest BCUT2D eigenvalue weighted by Gasteiger charge is -2.43. The Morgan fingerprint density at radius 2 is 2.12 bits per heavy atom.